The average Bonchev–Trinajstić information content (AvgIpc) is 2.55. The van der Waals surface area contributed by atoms with Crippen LogP contribution in [0.4, 0.5) is 14.9 Å². The molecule has 0 unspecified atom stereocenters. The largest absolute Gasteiger partial charge is 0.326 e. The van der Waals surface area contributed by atoms with Crippen LogP contribution in [-0.2, 0) is 4.79 Å². The molecule has 0 radical (unpaired) electrons. The minimum absolute atomic E-state index is 0.0170. The van der Waals surface area contributed by atoms with Crippen molar-refractivity contribution in [1.82, 2.24) is 10.6 Å². The average molecular weight is 315 g/mol. The Morgan fingerprint density at radius 1 is 1.04 bits per heavy atom. The van der Waals surface area contributed by atoms with Crippen LogP contribution in [-0.4, -0.2) is 18.5 Å². The normalized spacial score (nSPS) is 11.6. The van der Waals surface area contributed by atoms with Gasteiger partial charge in [0.2, 0.25) is 5.91 Å². The molecule has 1 atom stereocenters. The maximum absolute atomic E-state index is 13.4. The summed E-state index contributed by atoms with van der Waals surface area (Å²) in [6, 6.07) is 14.6. The number of para-hydroxylation sites is 1. The van der Waals surface area contributed by atoms with Gasteiger partial charge in [-0.15, -0.1) is 0 Å². The van der Waals surface area contributed by atoms with Gasteiger partial charge >= 0.3 is 6.03 Å². The van der Waals surface area contributed by atoms with Crippen LogP contribution < -0.4 is 16.0 Å². The molecule has 0 heterocycles. The summed E-state index contributed by atoms with van der Waals surface area (Å²) < 4.78 is 13.4. The lowest BCUT2D eigenvalue weighted by atomic mass is 10.1. The highest BCUT2D eigenvalue weighted by Gasteiger charge is 2.11. The lowest BCUT2D eigenvalue weighted by Gasteiger charge is -2.14. The minimum Gasteiger partial charge on any atom is -0.305 e. The minimum atomic E-state index is -0.769. The Balaban J connectivity index is 1.78. The molecule has 0 saturated heterocycles. The van der Waals surface area contributed by atoms with Gasteiger partial charge in [-0.3, -0.25) is 10.1 Å². The number of rotatable bonds is 5. The van der Waals surface area contributed by atoms with E-state index in [2.05, 4.69) is 16.0 Å². The number of hydrogen-bond donors (Lipinski definition) is 3. The molecule has 0 aliphatic heterocycles. The van der Waals surface area contributed by atoms with Gasteiger partial charge in [-0.2, -0.15) is 0 Å². The molecule has 2 aromatic carbocycles. The van der Waals surface area contributed by atoms with Crippen LogP contribution in [0.2, 0.25) is 0 Å². The predicted molar refractivity (Wildman–Crippen MR) is 86.4 cm³/mol. The molecule has 0 fully saturated rings. The van der Waals surface area contributed by atoms with Crippen molar-refractivity contribution in [3.05, 3.63) is 66.0 Å². The van der Waals surface area contributed by atoms with E-state index in [-0.39, 0.29) is 18.3 Å². The van der Waals surface area contributed by atoms with Gasteiger partial charge < -0.3 is 10.6 Å². The Bertz CT molecular complexity index is 677. The number of carbonyl (C=O) groups excluding carboxylic acids is 2. The summed E-state index contributed by atoms with van der Waals surface area (Å²) in [6.07, 6.45) is 0. The lowest BCUT2D eigenvalue weighted by molar-refractivity contribution is -0.119. The Labute approximate surface area is 133 Å². The van der Waals surface area contributed by atoms with Crippen LogP contribution in [0.5, 0.6) is 0 Å². The number of anilines is 1. The van der Waals surface area contributed by atoms with Crippen molar-refractivity contribution in [1.29, 1.82) is 0 Å². The van der Waals surface area contributed by atoms with Crippen LogP contribution in [0.15, 0.2) is 54.6 Å². The van der Waals surface area contributed by atoms with Gasteiger partial charge in [-0.05, 0) is 24.6 Å². The van der Waals surface area contributed by atoms with Gasteiger partial charge in [0.05, 0.1) is 12.2 Å². The topological polar surface area (TPSA) is 70.2 Å². The van der Waals surface area contributed by atoms with Crippen molar-refractivity contribution >= 4 is 17.6 Å². The molecule has 3 amide bonds. The van der Waals surface area contributed by atoms with E-state index >= 15 is 0 Å². The van der Waals surface area contributed by atoms with E-state index in [1.165, 1.54) is 18.2 Å². The number of benzene rings is 2. The fourth-order valence-electron chi connectivity index (χ4n) is 1.99. The van der Waals surface area contributed by atoms with Crippen molar-refractivity contribution in [2.24, 2.45) is 0 Å². The summed E-state index contributed by atoms with van der Waals surface area (Å²) in [5.74, 6) is -1.06. The summed E-state index contributed by atoms with van der Waals surface area (Å²) >= 11 is 0. The van der Waals surface area contributed by atoms with Gasteiger partial charge in [0.25, 0.3) is 0 Å². The molecule has 3 N–H and O–H groups in total. The number of nitrogens with one attached hydrogen (secondary N) is 3. The monoisotopic (exact) mass is 315 g/mol. The molecule has 0 bridgehead atoms. The number of amides is 3. The molecule has 23 heavy (non-hydrogen) atoms. The van der Waals surface area contributed by atoms with Gasteiger partial charge in [0.1, 0.15) is 5.82 Å². The first-order chi connectivity index (χ1) is 11.1. The van der Waals surface area contributed by atoms with E-state index in [4.69, 9.17) is 0 Å². The van der Waals surface area contributed by atoms with E-state index in [1.54, 1.807) is 6.07 Å². The molecule has 2 rings (SSSR count). The second-order valence-corrected chi connectivity index (χ2v) is 5.00. The molecule has 120 valence electrons. The maximum atomic E-state index is 13.4. The van der Waals surface area contributed by atoms with E-state index in [0.717, 1.165) is 5.56 Å². The molecule has 0 aromatic heterocycles. The smallest absolute Gasteiger partial charge is 0.305 e. The third-order valence-electron chi connectivity index (χ3n) is 3.24. The highest BCUT2D eigenvalue weighted by Crippen LogP contribution is 2.12. The van der Waals surface area contributed by atoms with Gasteiger partial charge in [-0.1, -0.05) is 42.5 Å². The first-order valence-corrected chi connectivity index (χ1v) is 7.20. The molecule has 0 saturated carbocycles. The number of carbonyl (C=O) groups is 2. The standard InChI is InChI=1S/C17H18FN3O2/c1-12(13-7-3-2-4-8-13)19-11-16(22)21-17(23)20-15-10-6-5-9-14(15)18/h2-10,12,19H,11H2,1H3,(H2,20,21,22,23)/t12-/m1/s1. The molecule has 0 spiro atoms. The summed E-state index contributed by atoms with van der Waals surface area (Å²) in [6.45, 7) is 1.89. The van der Waals surface area contributed by atoms with Crippen molar-refractivity contribution in [3.63, 3.8) is 0 Å². The zero-order valence-electron chi connectivity index (χ0n) is 12.7. The molecule has 0 aliphatic rings. The van der Waals surface area contributed by atoms with Gasteiger partial charge in [0.15, 0.2) is 0 Å². The van der Waals surface area contributed by atoms with Crippen LogP contribution >= 0.6 is 0 Å². The van der Waals surface area contributed by atoms with Crippen LogP contribution in [0.3, 0.4) is 0 Å². The molecular formula is C17H18FN3O2. The van der Waals surface area contributed by atoms with E-state index in [1.807, 2.05) is 37.3 Å². The SMILES string of the molecule is C[C@@H](NCC(=O)NC(=O)Nc1ccccc1F)c1ccccc1. The zero-order chi connectivity index (χ0) is 16.7. The van der Waals surface area contributed by atoms with Crippen molar-refractivity contribution in [3.8, 4) is 0 Å². The van der Waals surface area contributed by atoms with E-state index < -0.39 is 17.8 Å². The number of halogens is 1. The summed E-state index contributed by atoms with van der Waals surface area (Å²) in [5, 5.41) is 7.44. The third kappa shape index (κ3) is 5.19. The zero-order valence-corrected chi connectivity index (χ0v) is 12.7. The van der Waals surface area contributed by atoms with Crippen molar-refractivity contribution < 1.29 is 14.0 Å². The Morgan fingerprint density at radius 2 is 1.70 bits per heavy atom. The molecule has 5 nitrogen and oxygen atoms in total. The maximum Gasteiger partial charge on any atom is 0.326 e. The molecule has 0 aliphatic carbocycles. The lowest BCUT2D eigenvalue weighted by Crippen LogP contribution is -2.40. The molecular weight excluding hydrogens is 297 g/mol. The van der Waals surface area contributed by atoms with Crippen LogP contribution in [0.25, 0.3) is 0 Å². The number of imide groups is 1. The second kappa shape index (κ2) is 8.05. The third-order valence-corrected chi connectivity index (χ3v) is 3.24. The first kappa shape index (κ1) is 16.6. The fraction of sp³-hybridized carbons (Fsp3) is 0.176. The fourth-order valence-corrected chi connectivity index (χ4v) is 1.99. The quantitative estimate of drug-likeness (QED) is 0.794. The Morgan fingerprint density at radius 3 is 2.39 bits per heavy atom. The second-order valence-electron chi connectivity index (χ2n) is 5.00. The molecule has 2 aromatic rings. The van der Waals surface area contributed by atoms with Gasteiger partial charge in [0, 0.05) is 6.04 Å². The van der Waals surface area contributed by atoms with E-state index in [9.17, 15) is 14.0 Å². The summed E-state index contributed by atoms with van der Waals surface area (Å²) in [7, 11) is 0. The predicted octanol–water partition coefficient (Wildman–Crippen LogP) is 2.82. The highest BCUT2D eigenvalue weighted by molar-refractivity contribution is 6.01. The van der Waals surface area contributed by atoms with Crippen LogP contribution in [0, 0.1) is 5.82 Å². The Kier molecular flexibility index (Phi) is 5.82. The highest BCUT2D eigenvalue weighted by atomic mass is 19.1. The number of hydrogen-bond acceptors (Lipinski definition) is 3. The van der Waals surface area contributed by atoms with Crippen molar-refractivity contribution in [2.45, 2.75) is 13.0 Å². The Hall–Kier alpha value is -2.73. The van der Waals surface area contributed by atoms with Crippen molar-refractivity contribution in [2.75, 3.05) is 11.9 Å². The first-order valence-electron chi connectivity index (χ1n) is 7.20. The number of urea groups is 1. The van der Waals surface area contributed by atoms with Crippen LogP contribution in [0.1, 0.15) is 18.5 Å². The summed E-state index contributed by atoms with van der Waals surface area (Å²) in [5.41, 5.74) is 1.06. The molecule has 6 heteroatoms. The summed E-state index contributed by atoms with van der Waals surface area (Å²) in [4.78, 5) is 23.4. The van der Waals surface area contributed by atoms with E-state index in [0.29, 0.717) is 0 Å². The van der Waals surface area contributed by atoms with Gasteiger partial charge in [-0.25, -0.2) is 9.18 Å².